The van der Waals surface area contributed by atoms with Crippen LogP contribution in [0.25, 0.3) is 0 Å². The molecule has 0 saturated heterocycles. The maximum atomic E-state index is 5.19. The Bertz CT molecular complexity index is 197. The van der Waals surface area contributed by atoms with Gasteiger partial charge in [-0.2, -0.15) is 12.6 Å². The molecule has 0 spiro atoms. The Morgan fingerprint density at radius 2 is 1.61 bits per heavy atom. The molecule has 0 aromatic rings. The summed E-state index contributed by atoms with van der Waals surface area (Å²) in [6.45, 7) is 8.32. The van der Waals surface area contributed by atoms with E-state index in [0.717, 1.165) is 39.1 Å². The summed E-state index contributed by atoms with van der Waals surface area (Å²) in [7, 11) is 5.86. The lowest BCUT2D eigenvalue weighted by atomic mass is 10.0. The van der Waals surface area contributed by atoms with Crippen molar-refractivity contribution >= 4 is 20.6 Å². The summed E-state index contributed by atoms with van der Waals surface area (Å²) in [5, 5.41) is 0. The molecule has 0 bridgehead atoms. The molecule has 18 heavy (non-hydrogen) atoms. The zero-order chi connectivity index (χ0) is 14.0. The second kappa shape index (κ2) is 10.4. The number of thiol groups is 1. The fourth-order valence-corrected chi connectivity index (χ4v) is 2.98. The lowest BCUT2D eigenvalue weighted by Crippen LogP contribution is -2.40. The molecular formula is C13H30NO2PS. The van der Waals surface area contributed by atoms with Gasteiger partial charge in [-0.05, 0) is 39.4 Å². The average molecular weight is 295 g/mol. The molecule has 0 rings (SSSR count). The second-order valence-corrected chi connectivity index (χ2v) is 8.81. The molecule has 0 amide bonds. The van der Waals surface area contributed by atoms with E-state index in [2.05, 4.69) is 25.3 Å². The molecule has 0 aromatic carbocycles. The molecule has 0 aliphatic rings. The van der Waals surface area contributed by atoms with Gasteiger partial charge in [-0.15, -0.1) is 7.92 Å². The van der Waals surface area contributed by atoms with Crippen molar-refractivity contribution in [3.63, 3.8) is 0 Å². The topological polar surface area (TPSA) is 21.7 Å². The van der Waals surface area contributed by atoms with Crippen LogP contribution in [0.4, 0.5) is 0 Å². The highest BCUT2D eigenvalue weighted by atomic mass is 32.1. The molecule has 0 radical (unpaired) electrons. The predicted molar refractivity (Wildman–Crippen MR) is 85.8 cm³/mol. The van der Waals surface area contributed by atoms with E-state index in [4.69, 9.17) is 22.1 Å². The van der Waals surface area contributed by atoms with Crippen molar-refractivity contribution in [1.29, 1.82) is 0 Å². The summed E-state index contributed by atoms with van der Waals surface area (Å²) in [5.74, 6) is 0. The van der Waals surface area contributed by atoms with Gasteiger partial charge in [-0.1, -0.05) is 0 Å². The number of ether oxygens (including phenoxy) is 2. The van der Waals surface area contributed by atoms with Crippen molar-refractivity contribution in [2.75, 3.05) is 67.1 Å². The van der Waals surface area contributed by atoms with Gasteiger partial charge in [-0.3, -0.25) is 0 Å². The highest BCUT2D eigenvalue weighted by Gasteiger charge is 2.26. The fraction of sp³-hybridized carbons (Fsp3) is 1.00. The fourth-order valence-electron chi connectivity index (χ4n) is 1.82. The number of methoxy groups -OCH3 is 2. The molecule has 0 heterocycles. The van der Waals surface area contributed by atoms with Crippen LogP contribution in [0.2, 0.25) is 0 Å². The van der Waals surface area contributed by atoms with Crippen LogP contribution < -0.4 is 0 Å². The molecular weight excluding hydrogens is 265 g/mol. The van der Waals surface area contributed by atoms with Gasteiger partial charge in [0.05, 0.1) is 0 Å². The summed E-state index contributed by atoms with van der Waals surface area (Å²) in [6.07, 6.45) is 3.23. The van der Waals surface area contributed by atoms with Gasteiger partial charge in [0.2, 0.25) is 0 Å². The first-order chi connectivity index (χ1) is 8.43. The molecule has 110 valence electrons. The molecule has 0 fully saturated rings. The molecule has 0 saturated carbocycles. The van der Waals surface area contributed by atoms with Gasteiger partial charge in [-0.25, -0.2) is 0 Å². The van der Waals surface area contributed by atoms with Crippen molar-refractivity contribution in [1.82, 2.24) is 4.90 Å². The molecule has 0 unspecified atom stereocenters. The van der Waals surface area contributed by atoms with Crippen LogP contribution in [0.1, 0.15) is 12.8 Å². The molecule has 5 heteroatoms. The Balaban J connectivity index is 4.19. The third-order valence-corrected chi connectivity index (χ3v) is 4.72. The lowest BCUT2D eigenvalue weighted by molar-refractivity contribution is 0.145. The van der Waals surface area contributed by atoms with Crippen molar-refractivity contribution in [3.05, 3.63) is 0 Å². The maximum Gasteiger partial charge on any atom is 0.0475 e. The summed E-state index contributed by atoms with van der Waals surface area (Å²) in [6, 6.07) is 0. The maximum absolute atomic E-state index is 5.19. The highest BCUT2D eigenvalue weighted by Crippen LogP contribution is 2.27. The number of rotatable bonds is 11. The molecule has 0 atom stereocenters. The normalized spacial score (nSPS) is 12.7. The Kier molecular flexibility index (Phi) is 10.8. The van der Waals surface area contributed by atoms with Crippen LogP contribution in [0, 0.1) is 0 Å². The summed E-state index contributed by atoms with van der Waals surface area (Å²) < 4.78 is 10.4. The average Bonchev–Trinajstić information content (AvgIpc) is 2.31. The second-order valence-electron chi connectivity index (χ2n) is 5.25. The van der Waals surface area contributed by atoms with Crippen LogP contribution in [0.15, 0.2) is 0 Å². The van der Waals surface area contributed by atoms with E-state index in [1.807, 2.05) is 0 Å². The van der Waals surface area contributed by atoms with Crippen molar-refractivity contribution in [3.8, 4) is 0 Å². The Hall–Kier alpha value is 0.660. The molecule has 0 N–H and O–H groups in total. The molecule has 0 aromatic heterocycles. The van der Waals surface area contributed by atoms with E-state index in [9.17, 15) is 0 Å². The van der Waals surface area contributed by atoms with Gasteiger partial charge >= 0.3 is 0 Å². The number of nitrogens with zero attached hydrogens (tertiary/aromatic N) is 1. The van der Waals surface area contributed by atoms with E-state index >= 15 is 0 Å². The largest absolute Gasteiger partial charge is 0.385 e. The van der Waals surface area contributed by atoms with Crippen molar-refractivity contribution in [2.24, 2.45) is 0 Å². The third kappa shape index (κ3) is 9.57. The minimum atomic E-state index is -0.00892. The highest BCUT2D eigenvalue weighted by molar-refractivity contribution is 7.81. The molecule has 3 nitrogen and oxygen atoms in total. The van der Waals surface area contributed by atoms with Crippen molar-refractivity contribution < 1.29 is 9.47 Å². The first kappa shape index (κ1) is 18.7. The van der Waals surface area contributed by atoms with Crippen LogP contribution in [0.5, 0.6) is 0 Å². The monoisotopic (exact) mass is 295 g/mol. The molecule has 0 aliphatic heterocycles. The summed E-state index contributed by atoms with van der Waals surface area (Å²) in [4.78, 5) is 2.39. The van der Waals surface area contributed by atoms with Crippen LogP contribution in [0.3, 0.4) is 0 Å². The van der Waals surface area contributed by atoms with E-state index in [0.29, 0.717) is 0 Å². The van der Waals surface area contributed by atoms with Crippen LogP contribution in [-0.4, -0.2) is 76.7 Å². The SMILES string of the molecule is COCCC(S)(CCOC)CN(C)CCP(C)C. The Morgan fingerprint density at radius 1 is 1.11 bits per heavy atom. The van der Waals surface area contributed by atoms with E-state index in [-0.39, 0.29) is 12.7 Å². The quantitative estimate of drug-likeness (QED) is 0.467. The zero-order valence-electron chi connectivity index (χ0n) is 12.6. The zero-order valence-corrected chi connectivity index (χ0v) is 14.4. The van der Waals surface area contributed by atoms with Gasteiger partial charge in [0.15, 0.2) is 0 Å². The van der Waals surface area contributed by atoms with Gasteiger partial charge in [0.1, 0.15) is 0 Å². The smallest absolute Gasteiger partial charge is 0.0475 e. The van der Waals surface area contributed by atoms with Crippen LogP contribution >= 0.6 is 20.6 Å². The van der Waals surface area contributed by atoms with E-state index in [1.165, 1.54) is 6.16 Å². The molecule has 0 aliphatic carbocycles. The minimum absolute atomic E-state index is 0.00892. The Labute approximate surface area is 120 Å². The minimum Gasteiger partial charge on any atom is -0.385 e. The van der Waals surface area contributed by atoms with E-state index in [1.54, 1.807) is 14.2 Å². The standard InChI is InChI=1S/C13H30NO2PS/c1-14(8-11-17(4)5)12-13(18,6-9-15-2)7-10-16-3/h18H,6-12H2,1-5H3. The summed E-state index contributed by atoms with van der Waals surface area (Å²) in [5.41, 5.74) is 0. The predicted octanol–water partition coefficient (Wildman–Crippen LogP) is 2.40. The first-order valence-electron chi connectivity index (χ1n) is 6.47. The van der Waals surface area contributed by atoms with Crippen LogP contribution in [-0.2, 0) is 9.47 Å². The first-order valence-corrected chi connectivity index (χ1v) is 9.34. The van der Waals surface area contributed by atoms with Gasteiger partial charge < -0.3 is 14.4 Å². The number of hydrogen-bond donors (Lipinski definition) is 1. The Morgan fingerprint density at radius 3 is 2.00 bits per heavy atom. The summed E-state index contributed by atoms with van der Waals surface area (Å²) >= 11 is 4.87. The van der Waals surface area contributed by atoms with E-state index < -0.39 is 0 Å². The van der Waals surface area contributed by atoms with Crippen molar-refractivity contribution in [2.45, 2.75) is 17.6 Å². The lowest BCUT2D eigenvalue weighted by Gasteiger charge is -2.33. The van der Waals surface area contributed by atoms with Gasteiger partial charge in [0, 0.05) is 45.3 Å². The van der Waals surface area contributed by atoms with Gasteiger partial charge in [0.25, 0.3) is 0 Å². The third-order valence-electron chi connectivity index (χ3n) is 3.04. The number of hydrogen-bond acceptors (Lipinski definition) is 4.